The van der Waals surface area contributed by atoms with Crippen LogP contribution in [0.25, 0.3) is 0 Å². The van der Waals surface area contributed by atoms with Crippen molar-refractivity contribution in [3.63, 3.8) is 0 Å². The van der Waals surface area contributed by atoms with Crippen molar-refractivity contribution in [2.75, 3.05) is 48.6 Å². The maximum Gasteiger partial charge on any atom is 0.194 e. The van der Waals surface area contributed by atoms with Gasteiger partial charge in [0.05, 0.1) is 35.0 Å². The second-order valence-corrected chi connectivity index (χ2v) is 7.31. The van der Waals surface area contributed by atoms with E-state index < -0.39 is 6.10 Å². The van der Waals surface area contributed by atoms with Gasteiger partial charge in [0, 0.05) is 25.7 Å². The SMILES string of the molecule is CCNC(=NCC(O)c1cc(OC)ccc1OC)N(C)Cc1cc(OC)c(OC)cc1C. The lowest BCUT2D eigenvalue weighted by atomic mass is 10.1. The Labute approximate surface area is 190 Å². The Morgan fingerprint density at radius 3 is 2.25 bits per heavy atom. The van der Waals surface area contributed by atoms with Crippen LogP contribution in [-0.2, 0) is 6.54 Å². The maximum absolute atomic E-state index is 10.8. The Morgan fingerprint density at radius 1 is 1.00 bits per heavy atom. The van der Waals surface area contributed by atoms with Crippen LogP contribution in [0.2, 0.25) is 0 Å². The van der Waals surface area contributed by atoms with E-state index in [0.717, 1.165) is 11.1 Å². The van der Waals surface area contributed by atoms with E-state index in [4.69, 9.17) is 18.9 Å². The van der Waals surface area contributed by atoms with Crippen molar-refractivity contribution in [1.82, 2.24) is 10.2 Å². The molecule has 0 saturated carbocycles. The third-order valence-corrected chi connectivity index (χ3v) is 5.16. The molecule has 2 aromatic carbocycles. The van der Waals surface area contributed by atoms with E-state index in [-0.39, 0.29) is 6.54 Å². The van der Waals surface area contributed by atoms with Gasteiger partial charge in [-0.15, -0.1) is 0 Å². The highest BCUT2D eigenvalue weighted by atomic mass is 16.5. The first kappa shape index (κ1) is 25.1. The van der Waals surface area contributed by atoms with Gasteiger partial charge in [0.25, 0.3) is 0 Å². The zero-order chi connectivity index (χ0) is 23.7. The molecule has 2 N–H and O–H groups in total. The summed E-state index contributed by atoms with van der Waals surface area (Å²) in [4.78, 5) is 6.66. The Morgan fingerprint density at radius 2 is 1.66 bits per heavy atom. The molecule has 8 heteroatoms. The van der Waals surface area contributed by atoms with Crippen LogP contribution in [0.1, 0.15) is 29.7 Å². The Bertz CT molecular complexity index is 917. The number of hydrogen-bond acceptors (Lipinski definition) is 6. The van der Waals surface area contributed by atoms with Gasteiger partial charge in [-0.2, -0.15) is 0 Å². The molecule has 2 rings (SSSR count). The highest BCUT2D eigenvalue weighted by Crippen LogP contribution is 2.31. The number of aliphatic hydroxyl groups excluding tert-OH is 1. The summed E-state index contributed by atoms with van der Waals surface area (Å²) in [6.45, 7) is 5.52. The van der Waals surface area contributed by atoms with Gasteiger partial charge >= 0.3 is 0 Å². The summed E-state index contributed by atoms with van der Waals surface area (Å²) in [6, 6.07) is 9.28. The third-order valence-electron chi connectivity index (χ3n) is 5.16. The normalized spacial score (nSPS) is 12.2. The predicted octanol–water partition coefficient (Wildman–Crippen LogP) is 3.16. The van der Waals surface area contributed by atoms with Gasteiger partial charge in [-0.25, -0.2) is 0 Å². The van der Waals surface area contributed by atoms with Crippen LogP contribution >= 0.6 is 0 Å². The molecule has 0 saturated heterocycles. The average molecular weight is 446 g/mol. The molecule has 8 nitrogen and oxygen atoms in total. The number of hydrogen-bond donors (Lipinski definition) is 2. The highest BCUT2D eigenvalue weighted by Gasteiger charge is 2.17. The minimum absolute atomic E-state index is 0.168. The minimum atomic E-state index is -0.843. The quantitative estimate of drug-likeness (QED) is 0.429. The van der Waals surface area contributed by atoms with Gasteiger partial charge in [-0.1, -0.05) is 0 Å². The maximum atomic E-state index is 10.8. The molecular formula is C24H35N3O5. The third kappa shape index (κ3) is 6.20. The lowest BCUT2D eigenvalue weighted by Gasteiger charge is -2.24. The van der Waals surface area contributed by atoms with Gasteiger partial charge in [0.1, 0.15) is 17.6 Å². The Hall–Kier alpha value is -3.13. The first-order chi connectivity index (χ1) is 15.4. The molecule has 32 heavy (non-hydrogen) atoms. The van der Waals surface area contributed by atoms with Gasteiger partial charge in [-0.3, -0.25) is 4.99 Å². The summed E-state index contributed by atoms with van der Waals surface area (Å²) < 4.78 is 21.5. The van der Waals surface area contributed by atoms with E-state index in [1.54, 1.807) is 46.6 Å². The molecule has 0 fully saturated rings. The average Bonchev–Trinajstić information content (AvgIpc) is 2.81. The molecule has 0 heterocycles. The standard InChI is InChI=1S/C24H35N3O5/c1-8-25-24(26-14-20(28)19-13-18(29-4)9-10-21(19)30-5)27(3)15-17-12-23(32-7)22(31-6)11-16(17)2/h9-13,20,28H,8,14-15H2,1-7H3,(H,25,26). The highest BCUT2D eigenvalue weighted by molar-refractivity contribution is 5.79. The molecule has 0 aliphatic carbocycles. The number of benzene rings is 2. The zero-order valence-electron chi connectivity index (χ0n) is 20.1. The second kappa shape index (κ2) is 12.0. The van der Waals surface area contributed by atoms with Crippen molar-refractivity contribution in [3.05, 3.63) is 47.0 Å². The molecule has 0 aromatic heterocycles. The van der Waals surface area contributed by atoms with Gasteiger partial charge < -0.3 is 34.3 Å². The van der Waals surface area contributed by atoms with Crippen molar-refractivity contribution in [3.8, 4) is 23.0 Å². The number of nitrogens with zero attached hydrogens (tertiary/aromatic N) is 2. The van der Waals surface area contributed by atoms with Crippen LogP contribution in [0.3, 0.4) is 0 Å². The first-order valence-electron chi connectivity index (χ1n) is 10.5. The van der Waals surface area contributed by atoms with Crippen LogP contribution in [-0.4, -0.2) is 64.5 Å². The van der Waals surface area contributed by atoms with Crippen molar-refractivity contribution in [2.45, 2.75) is 26.5 Å². The molecule has 1 atom stereocenters. The fourth-order valence-electron chi connectivity index (χ4n) is 3.36. The second-order valence-electron chi connectivity index (χ2n) is 7.31. The van der Waals surface area contributed by atoms with Gasteiger partial charge in [-0.05, 0) is 55.3 Å². The van der Waals surface area contributed by atoms with Crippen LogP contribution in [0.4, 0.5) is 0 Å². The lowest BCUT2D eigenvalue weighted by Crippen LogP contribution is -2.39. The molecular weight excluding hydrogens is 410 g/mol. The van der Waals surface area contributed by atoms with Crippen LogP contribution in [0.15, 0.2) is 35.3 Å². The van der Waals surface area contributed by atoms with E-state index >= 15 is 0 Å². The summed E-state index contributed by atoms with van der Waals surface area (Å²) >= 11 is 0. The summed E-state index contributed by atoms with van der Waals surface area (Å²) in [7, 11) is 8.37. The number of guanidine groups is 1. The largest absolute Gasteiger partial charge is 0.497 e. The fourth-order valence-corrected chi connectivity index (χ4v) is 3.36. The van der Waals surface area contributed by atoms with E-state index in [1.807, 2.05) is 37.9 Å². The van der Waals surface area contributed by atoms with Gasteiger partial charge in [0.15, 0.2) is 17.5 Å². The van der Waals surface area contributed by atoms with Crippen LogP contribution in [0, 0.1) is 6.92 Å². The van der Waals surface area contributed by atoms with Crippen LogP contribution < -0.4 is 24.3 Å². The van der Waals surface area contributed by atoms with E-state index in [1.165, 1.54) is 0 Å². The molecule has 0 spiro atoms. The van der Waals surface area contributed by atoms with Crippen molar-refractivity contribution >= 4 is 5.96 Å². The van der Waals surface area contributed by atoms with E-state index in [9.17, 15) is 5.11 Å². The summed E-state index contributed by atoms with van der Waals surface area (Å²) in [5.41, 5.74) is 2.81. The number of aliphatic hydroxyl groups is 1. The predicted molar refractivity (Wildman–Crippen MR) is 126 cm³/mol. The summed E-state index contributed by atoms with van der Waals surface area (Å²) in [5.74, 6) is 3.31. The molecule has 0 amide bonds. The summed E-state index contributed by atoms with van der Waals surface area (Å²) in [6.07, 6.45) is -0.843. The first-order valence-corrected chi connectivity index (χ1v) is 10.5. The number of aryl methyl sites for hydroxylation is 1. The van der Waals surface area contributed by atoms with Gasteiger partial charge in [0.2, 0.25) is 0 Å². The number of ether oxygens (including phenoxy) is 4. The van der Waals surface area contributed by atoms with Crippen molar-refractivity contribution in [1.29, 1.82) is 0 Å². The van der Waals surface area contributed by atoms with Crippen LogP contribution in [0.5, 0.6) is 23.0 Å². The monoisotopic (exact) mass is 445 g/mol. The molecule has 0 aliphatic heterocycles. The smallest absolute Gasteiger partial charge is 0.194 e. The topological polar surface area (TPSA) is 84.8 Å². The minimum Gasteiger partial charge on any atom is -0.497 e. The number of methoxy groups -OCH3 is 4. The number of rotatable bonds is 10. The van der Waals surface area contributed by atoms with Crippen molar-refractivity contribution < 1.29 is 24.1 Å². The molecule has 0 radical (unpaired) electrons. The molecule has 0 bridgehead atoms. The lowest BCUT2D eigenvalue weighted by molar-refractivity contribution is 0.181. The number of aliphatic imine (C=N–C) groups is 1. The fraction of sp³-hybridized carbons (Fsp3) is 0.458. The molecule has 0 aliphatic rings. The van der Waals surface area contributed by atoms with Crippen molar-refractivity contribution in [2.24, 2.45) is 4.99 Å². The Balaban J connectivity index is 2.22. The molecule has 176 valence electrons. The number of nitrogens with one attached hydrogen (secondary N) is 1. The van der Waals surface area contributed by atoms with E-state index in [0.29, 0.717) is 47.6 Å². The van der Waals surface area contributed by atoms with E-state index in [2.05, 4.69) is 10.3 Å². The summed E-state index contributed by atoms with van der Waals surface area (Å²) in [5, 5.41) is 14.1. The zero-order valence-corrected chi connectivity index (χ0v) is 20.1. The molecule has 2 aromatic rings. The molecule has 1 unspecified atom stereocenters. The Kier molecular flexibility index (Phi) is 9.46.